The molecule has 0 aliphatic rings. The molecule has 0 radical (unpaired) electrons. The number of hydrogen-bond donors (Lipinski definition) is 0. The van der Waals surface area contributed by atoms with Gasteiger partial charge >= 0.3 is 0 Å². The van der Waals surface area contributed by atoms with Crippen molar-refractivity contribution in [3.05, 3.63) is 60.5 Å². The van der Waals surface area contributed by atoms with Crippen molar-refractivity contribution in [1.29, 1.82) is 0 Å². The summed E-state index contributed by atoms with van der Waals surface area (Å²) >= 11 is 0. The molecule has 0 saturated carbocycles. The molecule has 1 aromatic heterocycles. The second-order valence-electron chi connectivity index (χ2n) is 6.80. The van der Waals surface area contributed by atoms with Crippen LogP contribution in [0.15, 0.2) is 59.0 Å². The molecule has 1 heterocycles. The lowest BCUT2D eigenvalue weighted by Gasteiger charge is -2.17. The van der Waals surface area contributed by atoms with E-state index in [9.17, 15) is 0 Å². The van der Waals surface area contributed by atoms with Gasteiger partial charge in [0.1, 0.15) is 0 Å². The normalized spacial score (nSPS) is 10.8. The van der Waals surface area contributed by atoms with Crippen molar-refractivity contribution in [2.45, 2.75) is 6.54 Å². The first-order chi connectivity index (χ1) is 14.6. The van der Waals surface area contributed by atoms with Crippen molar-refractivity contribution in [1.82, 2.24) is 10.2 Å². The first-order valence-corrected chi connectivity index (χ1v) is 9.45. The summed E-state index contributed by atoms with van der Waals surface area (Å²) in [5, 5.41) is 10.8. The monoisotopic (exact) mass is 405 g/mol. The Bertz CT molecular complexity index is 1150. The minimum Gasteiger partial charge on any atom is -0.493 e. The number of anilines is 1. The molecular formula is C23H23N3O4. The molecule has 0 fully saturated rings. The van der Waals surface area contributed by atoms with Gasteiger partial charge in [-0.1, -0.05) is 30.3 Å². The first kappa shape index (κ1) is 19.6. The number of nitrogens with zero attached hydrogens (tertiary/aromatic N) is 3. The van der Waals surface area contributed by atoms with Crippen LogP contribution in [0.5, 0.6) is 17.2 Å². The molecule has 0 aliphatic heterocycles. The van der Waals surface area contributed by atoms with Gasteiger partial charge in [-0.3, -0.25) is 0 Å². The van der Waals surface area contributed by atoms with E-state index in [0.717, 1.165) is 5.69 Å². The fraction of sp³-hybridized carbons (Fsp3) is 0.217. The van der Waals surface area contributed by atoms with Gasteiger partial charge in [0, 0.05) is 18.3 Å². The number of aromatic nitrogens is 2. The maximum absolute atomic E-state index is 5.91. The molecule has 7 nitrogen and oxygen atoms in total. The summed E-state index contributed by atoms with van der Waals surface area (Å²) in [6, 6.07) is 18.2. The van der Waals surface area contributed by atoms with E-state index >= 15 is 0 Å². The summed E-state index contributed by atoms with van der Waals surface area (Å²) in [4.78, 5) is 2.07. The number of fused-ring (bicyclic) bond motifs is 1. The zero-order valence-corrected chi connectivity index (χ0v) is 17.4. The Morgan fingerprint density at radius 1 is 0.833 bits per heavy atom. The molecule has 154 valence electrons. The van der Waals surface area contributed by atoms with Crippen LogP contribution in [0.2, 0.25) is 0 Å². The summed E-state index contributed by atoms with van der Waals surface area (Å²) in [7, 11) is 6.69. The Kier molecular flexibility index (Phi) is 5.43. The van der Waals surface area contributed by atoms with Crippen LogP contribution in [0.1, 0.15) is 5.89 Å². The van der Waals surface area contributed by atoms with Gasteiger partial charge in [0.2, 0.25) is 17.5 Å². The zero-order chi connectivity index (χ0) is 21.1. The average Bonchev–Trinajstić information content (AvgIpc) is 3.26. The molecule has 0 saturated heterocycles. The van der Waals surface area contributed by atoms with Crippen LogP contribution >= 0.6 is 0 Å². The second kappa shape index (κ2) is 8.32. The SMILES string of the molecule is COc1cc(-c2nnc(CN(C)c3ccc4ccccc4c3)o2)cc(OC)c1OC. The topological polar surface area (TPSA) is 69.9 Å². The van der Waals surface area contributed by atoms with E-state index in [2.05, 4.69) is 45.4 Å². The highest BCUT2D eigenvalue weighted by atomic mass is 16.5. The van der Waals surface area contributed by atoms with E-state index in [1.807, 2.05) is 19.2 Å². The number of methoxy groups -OCH3 is 3. The standard InChI is InChI=1S/C23H23N3O4/c1-26(18-10-9-15-7-5-6-8-16(15)11-18)14-21-24-25-23(30-21)17-12-19(27-2)22(29-4)20(13-17)28-3/h5-13H,14H2,1-4H3. The van der Waals surface area contributed by atoms with Crippen molar-refractivity contribution in [3.8, 4) is 28.7 Å². The number of ether oxygens (including phenoxy) is 3. The summed E-state index contributed by atoms with van der Waals surface area (Å²) in [5.74, 6) is 2.46. The lowest BCUT2D eigenvalue weighted by atomic mass is 10.1. The van der Waals surface area contributed by atoms with E-state index in [4.69, 9.17) is 18.6 Å². The summed E-state index contributed by atoms with van der Waals surface area (Å²) in [6.07, 6.45) is 0. The van der Waals surface area contributed by atoms with Gasteiger partial charge in [-0.15, -0.1) is 10.2 Å². The van der Waals surface area contributed by atoms with Gasteiger partial charge in [-0.05, 0) is 35.0 Å². The van der Waals surface area contributed by atoms with Crippen LogP contribution in [-0.4, -0.2) is 38.6 Å². The zero-order valence-electron chi connectivity index (χ0n) is 17.4. The molecule has 4 aromatic rings. The molecular weight excluding hydrogens is 382 g/mol. The molecule has 0 bridgehead atoms. The molecule has 0 atom stereocenters. The Balaban J connectivity index is 1.58. The summed E-state index contributed by atoms with van der Waals surface area (Å²) in [5.41, 5.74) is 1.76. The minimum atomic E-state index is 0.385. The molecule has 3 aromatic carbocycles. The fourth-order valence-electron chi connectivity index (χ4n) is 3.35. The van der Waals surface area contributed by atoms with Crippen molar-refractivity contribution in [2.75, 3.05) is 33.3 Å². The van der Waals surface area contributed by atoms with Gasteiger partial charge in [0.05, 0.1) is 27.9 Å². The van der Waals surface area contributed by atoms with Crippen molar-refractivity contribution in [3.63, 3.8) is 0 Å². The van der Waals surface area contributed by atoms with E-state index in [1.54, 1.807) is 33.5 Å². The molecule has 0 amide bonds. The van der Waals surface area contributed by atoms with Gasteiger partial charge in [-0.2, -0.15) is 0 Å². The molecule has 0 spiro atoms. The third kappa shape index (κ3) is 3.74. The molecule has 7 heteroatoms. The third-order valence-electron chi connectivity index (χ3n) is 4.92. The maximum Gasteiger partial charge on any atom is 0.248 e. The van der Waals surface area contributed by atoms with Crippen LogP contribution in [0, 0.1) is 0 Å². The van der Waals surface area contributed by atoms with Crippen molar-refractivity contribution < 1.29 is 18.6 Å². The summed E-state index contributed by atoms with van der Waals surface area (Å²) < 4.78 is 22.1. The average molecular weight is 405 g/mol. The minimum absolute atomic E-state index is 0.385. The van der Waals surface area contributed by atoms with Gasteiger partial charge in [0.25, 0.3) is 0 Å². The van der Waals surface area contributed by atoms with Crippen LogP contribution in [0.4, 0.5) is 5.69 Å². The Morgan fingerprint density at radius 2 is 1.53 bits per heavy atom. The molecule has 0 aliphatic carbocycles. The van der Waals surface area contributed by atoms with E-state index in [1.165, 1.54) is 10.8 Å². The Morgan fingerprint density at radius 3 is 2.20 bits per heavy atom. The predicted octanol–water partition coefficient (Wildman–Crippen LogP) is 4.55. The number of benzene rings is 3. The second-order valence-corrected chi connectivity index (χ2v) is 6.80. The lowest BCUT2D eigenvalue weighted by Crippen LogP contribution is -2.16. The van der Waals surface area contributed by atoms with Gasteiger partial charge in [0.15, 0.2) is 11.5 Å². The van der Waals surface area contributed by atoms with Crippen molar-refractivity contribution >= 4 is 16.5 Å². The molecule has 4 rings (SSSR count). The van der Waals surface area contributed by atoms with Crippen LogP contribution in [0.25, 0.3) is 22.2 Å². The maximum atomic E-state index is 5.91. The predicted molar refractivity (Wildman–Crippen MR) is 115 cm³/mol. The largest absolute Gasteiger partial charge is 0.493 e. The number of hydrogen-bond acceptors (Lipinski definition) is 7. The first-order valence-electron chi connectivity index (χ1n) is 9.45. The highest BCUT2D eigenvalue weighted by Gasteiger charge is 2.18. The summed E-state index contributed by atoms with van der Waals surface area (Å²) in [6.45, 7) is 0.482. The quantitative estimate of drug-likeness (QED) is 0.447. The van der Waals surface area contributed by atoms with Crippen molar-refractivity contribution in [2.24, 2.45) is 0 Å². The van der Waals surface area contributed by atoms with Crippen LogP contribution in [0.3, 0.4) is 0 Å². The third-order valence-corrected chi connectivity index (χ3v) is 4.92. The fourth-order valence-corrected chi connectivity index (χ4v) is 3.35. The van der Waals surface area contributed by atoms with Crippen LogP contribution in [-0.2, 0) is 6.54 Å². The molecule has 0 unspecified atom stereocenters. The number of rotatable bonds is 7. The Labute approximate surface area is 174 Å². The highest BCUT2D eigenvalue weighted by Crippen LogP contribution is 2.40. The smallest absolute Gasteiger partial charge is 0.248 e. The highest BCUT2D eigenvalue weighted by molar-refractivity contribution is 5.85. The van der Waals surface area contributed by atoms with Crippen LogP contribution < -0.4 is 19.1 Å². The van der Waals surface area contributed by atoms with Gasteiger partial charge in [-0.25, -0.2) is 0 Å². The van der Waals surface area contributed by atoms with Gasteiger partial charge < -0.3 is 23.5 Å². The lowest BCUT2D eigenvalue weighted by molar-refractivity contribution is 0.324. The molecule has 0 N–H and O–H groups in total. The Hall–Kier alpha value is -3.74. The molecule has 30 heavy (non-hydrogen) atoms. The van der Waals surface area contributed by atoms with E-state index in [-0.39, 0.29) is 0 Å². The van der Waals surface area contributed by atoms with E-state index in [0.29, 0.717) is 41.1 Å². The van der Waals surface area contributed by atoms with E-state index < -0.39 is 0 Å².